The van der Waals surface area contributed by atoms with E-state index in [-0.39, 0.29) is 12.0 Å². The highest BCUT2D eigenvalue weighted by Gasteiger charge is 2.42. The molecule has 0 aliphatic heterocycles. The van der Waals surface area contributed by atoms with Crippen LogP contribution in [0, 0.1) is 5.92 Å². The van der Waals surface area contributed by atoms with Crippen LogP contribution in [0.25, 0.3) is 0 Å². The monoisotopic (exact) mass is 328 g/mol. The molecule has 0 heterocycles. The van der Waals surface area contributed by atoms with E-state index < -0.39 is 60.4 Å². The maximum atomic E-state index is 11.9. The summed E-state index contributed by atoms with van der Waals surface area (Å²) in [5.74, 6) is -7.16. The number of carboxylic acid groups (broad SMARTS) is 3. The van der Waals surface area contributed by atoms with E-state index in [0.717, 1.165) is 0 Å². The number of hydrogen-bond acceptors (Lipinski definition) is 6. The Morgan fingerprint density at radius 1 is 1.17 bits per heavy atom. The zero-order valence-electron chi connectivity index (χ0n) is 12.0. The van der Waals surface area contributed by atoms with Crippen molar-refractivity contribution >= 4 is 23.7 Å². The number of hydrogen-bond donors (Lipinski definition) is 4. The molecule has 0 aromatic heterocycles. The van der Waals surface area contributed by atoms with E-state index in [2.05, 4.69) is 6.58 Å². The molecule has 0 aromatic rings. The standard InChI is InChI=1S/C14H16O9/c1-6(13(19)20)23-9-4-2-7(8(15)3-5-10(16)17)11(12(9)18)14(21)22/h2,9,11-12,18H,1,3-5H2,(H,16,17)(H,19,20)(H,21,22)/t9-,11+,12+/m0/s1. The first-order valence-electron chi connectivity index (χ1n) is 6.60. The van der Waals surface area contributed by atoms with Crippen LogP contribution in [0.5, 0.6) is 0 Å². The summed E-state index contributed by atoms with van der Waals surface area (Å²) in [6, 6.07) is 0. The second-order valence-electron chi connectivity index (χ2n) is 4.90. The molecule has 1 rings (SSSR count). The Hall–Kier alpha value is -2.68. The van der Waals surface area contributed by atoms with E-state index in [1.54, 1.807) is 0 Å². The predicted molar refractivity (Wildman–Crippen MR) is 73.4 cm³/mol. The minimum atomic E-state index is -1.67. The number of ketones is 1. The Morgan fingerprint density at radius 3 is 2.26 bits per heavy atom. The van der Waals surface area contributed by atoms with E-state index in [9.17, 15) is 29.4 Å². The van der Waals surface area contributed by atoms with Crippen LogP contribution in [0.2, 0.25) is 0 Å². The fourth-order valence-corrected chi connectivity index (χ4v) is 2.19. The molecule has 0 fully saturated rings. The lowest BCUT2D eigenvalue weighted by Crippen LogP contribution is -2.44. The highest BCUT2D eigenvalue weighted by molar-refractivity contribution is 6.01. The number of Topliss-reactive ketones (excluding diaryl/α,β-unsaturated/α-hetero) is 1. The van der Waals surface area contributed by atoms with Gasteiger partial charge in [-0.15, -0.1) is 0 Å². The number of rotatable bonds is 8. The largest absolute Gasteiger partial charge is 0.481 e. The fraction of sp³-hybridized carbons (Fsp3) is 0.429. The van der Waals surface area contributed by atoms with Gasteiger partial charge in [0.1, 0.15) is 18.1 Å². The first kappa shape index (κ1) is 18.4. The van der Waals surface area contributed by atoms with Gasteiger partial charge in [-0.2, -0.15) is 0 Å². The maximum absolute atomic E-state index is 11.9. The molecule has 126 valence electrons. The lowest BCUT2D eigenvalue weighted by Gasteiger charge is -2.32. The first-order valence-corrected chi connectivity index (χ1v) is 6.60. The van der Waals surface area contributed by atoms with Crippen molar-refractivity contribution in [1.82, 2.24) is 0 Å². The normalized spacial score (nSPS) is 23.5. The average Bonchev–Trinajstić information content (AvgIpc) is 2.45. The third kappa shape index (κ3) is 4.65. The fourth-order valence-electron chi connectivity index (χ4n) is 2.19. The molecule has 0 spiro atoms. The van der Waals surface area contributed by atoms with Gasteiger partial charge in [-0.25, -0.2) is 4.79 Å². The molecular formula is C14H16O9. The van der Waals surface area contributed by atoms with Gasteiger partial charge in [-0.1, -0.05) is 6.08 Å². The quantitative estimate of drug-likeness (QED) is 0.349. The van der Waals surface area contributed by atoms with Gasteiger partial charge in [0.2, 0.25) is 0 Å². The van der Waals surface area contributed by atoms with Gasteiger partial charge in [-0.3, -0.25) is 14.4 Å². The average molecular weight is 328 g/mol. The molecule has 0 bridgehead atoms. The van der Waals surface area contributed by atoms with Crippen molar-refractivity contribution in [3.63, 3.8) is 0 Å². The summed E-state index contributed by atoms with van der Waals surface area (Å²) in [4.78, 5) is 44.4. The number of carbonyl (C=O) groups excluding carboxylic acids is 1. The smallest absolute Gasteiger partial charge is 0.370 e. The van der Waals surface area contributed by atoms with Crippen LogP contribution >= 0.6 is 0 Å². The first-order chi connectivity index (χ1) is 10.6. The van der Waals surface area contributed by atoms with Gasteiger partial charge in [0.05, 0.1) is 6.42 Å². The van der Waals surface area contributed by atoms with Crippen molar-refractivity contribution in [2.45, 2.75) is 31.5 Å². The van der Waals surface area contributed by atoms with Crippen LogP contribution in [0.3, 0.4) is 0 Å². The van der Waals surface area contributed by atoms with Crippen LogP contribution in [-0.2, 0) is 23.9 Å². The number of carbonyl (C=O) groups is 4. The summed E-state index contributed by atoms with van der Waals surface area (Å²) in [6.07, 6.45) is -2.60. The number of ether oxygens (including phenoxy) is 1. The van der Waals surface area contributed by atoms with Gasteiger partial charge in [0.25, 0.3) is 0 Å². The molecule has 0 unspecified atom stereocenters. The molecule has 3 atom stereocenters. The number of aliphatic hydroxyl groups excluding tert-OH is 1. The van der Waals surface area contributed by atoms with Crippen LogP contribution in [0.15, 0.2) is 24.0 Å². The third-order valence-electron chi connectivity index (χ3n) is 3.31. The van der Waals surface area contributed by atoms with Gasteiger partial charge < -0.3 is 25.2 Å². The summed E-state index contributed by atoms with van der Waals surface area (Å²) in [6.45, 7) is 3.12. The summed E-state index contributed by atoms with van der Waals surface area (Å²) < 4.78 is 4.91. The molecule has 9 heteroatoms. The second-order valence-corrected chi connectivity index (χ2v) is 4.90. The highest BCUT2D eigenvalue weighted by Crippen LogP contribution is 2.30. The molecule has 0 amide bonds. The molecule has 0 saturated heterocycles. The van der Waals surface area contributed by atoms with Gasteiger partial charge in [0.15, 0.2) is 11.5 Å². The maximum Gasteiger partial charge on any atom is 0.370 e. The van der Waals surface area contributed by atoms with E-state index in [4.69, 9.17) is 14.9 Å². The zero-order valence-corrected chi connectivity index (χ0v) is 12.0. The third-order valence-corrected chi connectivity index (χ3v) is 3.31. The van der Waals surface area contributed by atoms with Crippen molar-refractivity contribution in [3.8, 4) is 0 Å². The van der Waals surface area contributed by atoms with Gasteiger partial charge in [-0.05, 0) is 6.58 Å². The Kier molecular flexibility index (Phi) is 6.02. The van der Waals surface area contributed by atoms with E-state index in [1.165, 1.54) is 6.08 Å². The van der Waals surface area contributed by atoms with Crippen molar-refractivity contribution in [2.75, 3.05) is 0 Å². The Bertz CT molecular complexity index is 575. The number of aliphatic carboxylic acids is 3. The summed E-state index contributed by atoms with van der Waals surface area (Å²) in [7, 11) is 0. The molecule has 0 radical (unpaired) electrons. The lowest BCUT2D eigenvalue weighted by molar-refractivity contribution is -0.150. The van der Waals surface area contributed by atoms with Crippen LogP contribution in [-0.4, -0.2) is 56.3 Å². The van der Waals surface area contributed by atoms with E-state index in [1.807, 2.05) is 0 Å². The Balaban J connectivity index is 2.95. The topological polar surface area (TPSA) is 158 Å². The van der Waals surface area contributed by atoms with E-state index in [0.29, 0.717) is 0 Å². The molecule has 0 aromatic carbocycles. The SMILES string of the molecule is C=C(O[C@H]1CC=C(C(=O)CCC(=O)O)[C@@H](C(=O)O)[C@@H]1O)C(=O)O. The number of aliphatic hydroxyl groups is 1. The Labute approximate surface area is 130 Å². The molecule has 1 aliphatic carbocycles. The minimum Gasteiger partial charge on any atom is -0.481 e. The van der Waals surface area contributed by atoms with Gasteiger partial charge in [0, 0.05) is 18.4 Å². The Morgan fingerprint density at radius 2 is 1.78 bits per heavy atom. The molecule has 1 aliphatic rings. The predicted octanol–water partition coefficient (Wildman–Crippen LogP) is -0.204. The molecule has 9 nitrogen and oxygen atoms in total. The summed E-state index contributed by atoms with van der Waals surface area (Å²) >= 11 is 0. The van der Waals surface area contributed by atoms with Crippen LogP contribution < -0.4 is 0 Å². The minimum absolute atomic E-state index is 0.106. The molecule has 4 N–H and O–H groups in total. The summed E-state index contributed by atoms with van der Waals surface area (Å²) in [5.41, 5.74) is -0.216. The zero-order chi connectivity index (χ0) is 17.7. The van der Waals surface area contributed by atoms with Crippen molar-refractivity contribution in [3.05, 3.63) is 24.0 Å². The van der Waals surface area contributed by atoms with E-state index >= 15 is 0 Å². The van der Waals surface area contributed by atoms with Crippen LogP contribution in [0.4, 0.5) is 0 Å². The molecule has 23 heavy (non-hydrogen) atoms. The molecular weight excluding hydrogens is 312 g/mol. The van der Waals surface area contributed by atoms with Crippen molar-refractivity contribution in [1.29, 1.82) is 0 Å². The van der Waals surface area contributed by atoms with Gasteiger partial charge >= 0.3 is 17.9 Å². The van der Waals surface area contributed by atoms with Crippen molar-refractivity contribution < 1.29 is 44.3 Å². The van der Waals surface area contributed by atoms with Crippen molar-refractivity contribution in [2.24, 2.45) is 5.92 Å². The molecule has 0 saturated carbocycles. The lowest BCUT2D eigenvalue weighted by atomic mass is 9.80. The summed E-state index contributed by atoms with van der Waals surface area (Å²) in [5, 5.41) is 36.5. The van der Waals surface area contributed by atoms with Crippen LogP contribution in [0.1, 0.15) is 19.3 Å². The number of carboxylic acids is 3. The second kappa shape index (κ2) is 7.54. The highest BCUT2D eigenvalue weighted by atomic mass is 16.5.